The minimum atomic E-state index is -0.856. The largest absolute Gasteiger partial charge is 0.494 e. The predicted molar refractivity (Wildman–Crippen MR) is 153 cm³/mol. The highest BCUT2D eigenvalue weighted by atomic mass is 35.5. The standard InChI is InChI=1S/C29H30Cl2N4O5/c1-4-38-23-8-5-19(30)13-18(23)15-35-25(34-24-26(35)32-16-33-27(24)40-29(3)10-11-29)21-7-6-20(14-22(21)31)39-12-9-17(2)28(36)37/h5-8,13-14,16-17H,4,9-12,15H2,1-3H3,(H,36,37). The van der Waals surface area contributed by atoms with Gasteiger partial charge in [0.2, 0.25) is 5.88 Å². The molecule has 11 heteroatoms. The van der Waals surface area contributed by atoms with E-state index in [0.717, 1.165) is 18.4 Å². The lowest BCUT2D eigenvalue weighted by atomic mass is 10.1. The topological polar surface area (TPSA) is 109 Å². The van der Waals surface area contributed by atoms with Gasteiger partial charge in [-0.25, -0.2) is 9.97 Å². The molecule has 4 aromatic rings. The van der Waals surface area contributed by atoms with Crippen LogP contribution in [0, 0.1) is 5.92 Å². The van der Waals surface area contributed by atoms with E-state index < -0.39 is 11.9 Å². The average Bonchev–Trinajstić information content (AvgIpc) is 3.53. The number of hydrogen-bond acceptors (Lipinski definition) is 7. The Hall–Kier alpha value is -3.56. The number of carboxylic acids is 1. The van der Waals surface area contributed by atoms with Crippen LogP contribution in [0.2, 0.25) is 10.0 Å². The number of imidazole rings is 1. The summed E-state index contributed by atoms with van der Waals surface area (Å²) in [5.74, 6) is 0.877. The van der Waals surface area contributed by atoms with Crippen LogP contribution in [-0.4, -0.2) is 49.4 Å². The number of aromatic nitrogens is 4. The number of ether oxygens (including phenoxy) is 3. The number of carbonyl (C=O) groups is 1. The van der Waals surface area contributed by atoms with E-state index in [1.807, 2.05) is 36.6 Å². The molecule has 1 aliphatic rings. The van der Waals surface area contributed by atoms with E-state index in [4.69, 9.17) is 47.5 Å². The van der Waals surface area contributed by atoms with Gasteiger partial charge in [0.15, 0.2) is 11.2 Å². The Labute approximate surface area is 242 Å². The summed E-state index contributed by atoms with van der Waals surface area (Å²) in [6.45, 7) is 6.74. The van der Waals surface area contributed by atoms with Gasteiger partial charge >= 0.3 is 5.97 Å². The molecule has 2 aromatic carbocycles. The Balaban J connectivity index is 1.55. The van der Waals surface area contributed by atoms with E-state index in [1.54, 1.807) is 25.1 Å². The molecular weight excluding hydrogens is 555 g/mol. The number of rotatable bonds is 12. The smallest absolute Gasteiger partial charge is 0.306 e. The predicted octanol–water partition coefficient (Wildman–Crippen LogP) is 6.67. The molecule has 0 spiro atoms. The van der Waals surface area contributed by atoms with Gasteiger partial charge in [-0.15, -0.1) is 0 Å². The third-order valence-corrected chi connectivity index (χ3v) is 7.42. The highest BCUT2D eigenvalue weighted by Crippen LogP contribution is 2.41. The van der Waals surface area contributed by atoms with E-state index in [1.165, 1.54) is 6.33 Å². The Morgan fingerprint density at radius 3 is 2.65 bits per heavy atom. The Bertz CT molecular complexity index is 1550. The van der Waals surface area contributed by atoms with Gasteiger partial charge in [-0.2, -0.15) is 4.98 Å². The van der Waals surface area contributed by atoms with Gasteiger partial charge < -0.3 is 23.9 Å². The molecule has 0 saturated heterocycles. The van der Waals surface area contributed by atoms with Crippen LogP contribution in [0.4, 0.5) is 0 Å². The molecule has 0 radical (unpaired) electrons. The maximum absolute atomic E-state index is 11.1. The van der Waals surface area contributed by atoms with E-state index in [0.29, 0.717) is 69.5 Å². The van der Waals surface area contributed by atoms with Crippen LogP contribution in [0.1, 0.15) is 45.6 Å². The van der Waals surface area contributed by atoms with Crippen LogP contribution in [0.5, 0.6) is 17.4 Å². The molecule has 210 valence electrons. The molecule has 2 aromatic heterocycles. The van der Waals surface area contributed by atoms with Crippen LogP contribution in [0.25, 0.3) is 22.6 Å². The number of hydrogen-bond donors (Lipinski definition) is 1. The van der Waals surface area contributed by atoms with Crippen LogP contribution in [-0.2, 0) is 11.3 Å². The van der Waals surface area contributed by atoms with Gasteiger partial charge in [0.05, 0.1) is 30.7 Å². The third-order valence-electron chi connectivity index (χ3n) is 6.87. The lowest BCUT2D eigenvalue weighted by Gasteiger charge is -2.15. The average molecular weight is 585 g/mol. The third kappa shape index (κ3) is 6.10. The van der Waals surface area contributed by atoms with Gasteiger partial charge in [0.25, 0.3) is 0 Å². The summed E-state index contributed by atoms with van der Waals surface area (Å²) < 4.78 is 19.8. The Morgan fingerprint density at radius 2 is 1.95 bits per heavy atom. The summed E-state index contributed by atoms with van der Waals surface area (Å²) >= 11 is 13.1. The number of halogens is 2. The zero-order valence-corrected chi connectivity index (χ0v) is 24.0. The van der Waals surface area contributed by atoms with E-state index in [2.05, 4.69) is 9.97 Å². The maximum atomic E-state index is 11.1. The molecule has 1 aliphatic carbocycles. The fourth-order valence-electron chi connectivity index (χ4n) is 4.24. The summed E-state index contributed by atoms with van der Waals surface area (Å²) in [7, 11) is 0. The molecule has 1 atom stereocenters. The first-order valence-corrected chi connectivity index (χ1v) is 13.9. The second-order valence-electron chi connectivity index (χ2n) is 10.1. The monoisotopic (exact) mass is 584 g/mol. The van der Waals surface area contributed by atoms with Gasteiger partial charge in [-0.05, 0) is 69.5 Å². The van der Waals surface area contributed by atoms with Gasteiger partial charge in [0, 0.05) is 16.1 Å². The van der Waals surface area contributed by atoms with Crippen molar-refractivity contribution in [2.45, 2.75) is 52.2 Å². The van der Waals surface area contributed by atoms with Gasteiger partial charge in [-0.3, -0.25) is 4.79 Å². The highest BCUT2D eigenvalue weighted by molar-refractivity contribution is 6.33. The minimum Gasteiger partial charge on any atom is -0.494 e. The van der Waals surface area contributed by atoms with E-state index >= 15 is 0 Å². The summed E-state index contributed by atoms with van der Waals surface area (Å²) in [5.41, 5.74) is 2.38. The summed E-state index contributed by atoms with van der Waals surface area (Å²) in [4.78, 5) is 25.0. The van der Waals surface area contributed by atoms with E-state index in [-0.39, 0.29) is 12.2 Å². The molecule has 2 heterocycles. The summed E-state index contributed by atoms with van der Waals surface area (Å²) in [5, 5.41) is 10.1. The first-order valence-electron chi connectivity index (χ1n) is 13.1. The molecule has 0 amide bonds. The first kappa shape index (κ1) is 28.0. The number of benzene rings is 2. The van der Waals surface area contributed by atoms with Crippen molar-refractivity contribution >= 4 is 40.3 Å². The molecule has 1 unspecified atom stereocenters. The zero-order valence-electron chi connectivity index (χ0n) is 22.5. The normalized spacial score (nSPS) is 14.6. The molecule has 0 bridgehead atoms. The van der Waals surface area contributed by atoms with Crippen LogP contribution < -0.4 is 14.2 Å². The molecule has 1 saturated carbocycles. The fourth-order valence-corrected chi connectivity index (χ4v) is 4.69. The Kier molecular flexibility index (Phi) is 8.05. The quantitative estimate of drug-likeness (QED) is 0.197. The van der Waals surface area contributed by atoms with Crippen molar-refractivity contribution in [3.8, 4) is 28.8 Å². The molecule has 40 heavy (non-hydrogen) atoms. The number of carboxylic acid groups (broad SMARTS) is 1. The van der Waals surface area contributed by atoms with Crippen molar-refractivity contribution in [2.24, 2.45) is 5.92 Å². The molecule has 0 aliphatic heterocycles. The van der Waals surface area contributed by atoms with Gasteiger partial charge in [-0.1, -0.05) is 30.1 Å². The van der Waals surface area contributed by atoms with Crippen molar-refractivity contribution in [2.75, 3.05) is 13.2 Å². The maximum Gasteiger partial charge on any atom is 0.306 e. The number of fused-ring (bicyclic) bond motifs is 1. The second kappa shape index (κ2) is 11.5. The Morgan fingerprint density at radius 1 is 1.15 bits per heavy atom. The number of aliphatic carboxylic acids is 1. The lowest BCUT2D eigenvalue weighted by molar-refractivity contribution is -0.141. The fraction of sp³-hybridized carbons (Fsp3) is 0.379. The summed E-state index contributed by atoms with van der Waals surface area (Å²) in [6.07, 6.45) is 3.76. The van der Waals surface area contributed by atoms with Crippen molar-refractivity contribution in [3.63, 3.8) is 0 Å². The van der Waals surface area contributed by atoms with Crippen molar-refractivity contribution < 1.29 is 24.1 Å². The number of nitrogens with zero attached hydrogens (tertiary/aromatic N) is 4. The van der Waals surface area contributed by atoms with Gasteiger partial charge in [0.1, 0.15) is 29.3 Å². The molecule has 1 N–H and O–H groups in total. The van der Waals surface area contributed by atoms with E-state index in [9.17, 15) is 4.79 Å². The van der Waals surface area contributed by atoms with Crippen molar-refractivity contribution in [1.29, 1.82) is 0 Å². The van der Waals surface area contributed by atoms with Crippen LogP contribution >= 0.6 is 23.2 Å². The second-order valence-corrected chi connectivity index (χ2v) is 11.0. The highest BCUT2D eigenvalue weighted by Gasteiger charge is 2.41. The lowest BCUT2D eigenvalue weighted by Crippen LogP contribution is -2.13. The van der Waals surface area contributed by atoms with Crippen molar-refractivity contribution in [1.82, 2.24) is 19.5 Å². The minimum absolute atomic E-state index is 0.255. The molecule has 1 fully saturated rings. The van der Waals surface area contributed by atoms with Crippen LogP contribution in [0.3, 0.4) is 0 Å². The van der Waals surface area contributed by atoms with Crippen LogP contribution in [0.15, 0.2) is 42.7 Å². The van der Waals surface area contributed by atoms with Crippen molar-refractivity contribution in [3.05, 3.63) is 58.3 Å². The molecule has 5 rings (SSSR count). The zero-order chi connectivity index (χ0) is 28.4. The SMILES string of the molecule is CCOc1ccc(Cl)cc1Cn1c(-c2ccc(OCCC(C)C(=O)O)cc2Cl)nc2c(OC3(C)CC3)ncnc21. The summed E-state index contributed by atoms with van der Waals surface area (Å²) in [6, 6.07) is 10.8. The molecule has 9 nitrogen and oxygen atoms in total. The first-order chi connectivity index (χ1) is 19.2. The molecular formula is C29H30Cl2N4O5.